The van der Waals surface area contributed by atoms with E-state index in [-0.39, 0.29) is 0 Å². The summed E-state index contributed by atoms with van der Waals surface area (Å²) in [4.78, 5) is 2.90. The van der Waals surface area contributed by atoms with Crippen molar-refractivity contribution in [3.05, 3.63) is 57.5 Å². The number of hydrogen-bond donors (Lipinski definition) is 0. The van der Waals surface area contributed by atoms with Crippen molar-refractivity contribution in [1.29, 1.82) is 0 Å². The van der Waals surface area contributed by atoms with Gasteiger partial charge < -0.3 is 0 Å². The molecule has 0 saturated heterocycles. The van der Waals surface area contributed by atoms with Crippen molar-refractivity contribution in [2.45, 2.75) is 98.3 Å². The number of hydrogen-bond acceptors (Lipinski definition) is 1. The molecule has 0 heterocycles. The number of benzene rings is 1. The third kappa shape index (κ3) is 8.86. The van der Waals surface area contributed by atoms with Gasteiger partial charge in [0.2, 0.25) is 0 Å². The summed E-state index contributed by atoms with van der Waals surface area (Å²) in [7, 11) is 0. The highest BCUT2D eigenvalue weighted by molar-refractivity contribution is 8.03. The fourth-order valence-electron chi connectivity index (χ4n) is 3.35. The largest absolute Gasteiger partial charge is 0.0940 e. The molecule has 0 spiro atoms. The molecule has 0 aromatic heterocycles. The minimum absolute atomic E-state index is 0.602. The number of unbranched alkanes of at least 4 members (excludes halogenated alkanes) is 1. The molecule has 0 saturated carbocycles. The van der Waals surface area contributed by atoms with Crippen molar-refractivity contribution in [2.24, 2.45) is 5.92 Å². The van der Waals surface area contributed by atoms with Crippen molar-refractivity contribution >= 4 is 17.8 Å². The van der Waals surface area contributed by atoms with Crippen LogP contribution in [0.15, 0.2) is 51.3 Å². The van der Waals surface area contributed by atoms with E-state index in [1.165, 1.54) is 65.0 Å². The Morgan fingerprint density at radius 2 is 1.82 bits per heavy atom. The fourth-order valence-corrected chi connectivity index (χ4v) is 4.60. The summed E-state index contributed by atoms with van der Waals surface area (Å²) in [6.45, 7) is 15.9. The van der Waals surface area contributed by atoms with Crippen molar-refractivity contribution in [3.63, 3.8) is 0 Å². The van der Waals surface area contributed by atoms with Crippen LogP contribution in [-0.2, 0) is 0 Å². The minimum Gasteiger partial charge on any atom is -0.0940 e. The molecule has 0 amide bonds. The summed E-state index contributed by atoms with van der Waals surface area (Å²) in [6.07, 6.45) is 15.6. The maximum atomic E-state index is 2.43. The second-order valence-corrected chi connectivity index (χ2v) is 9.12. The highest BCUT2D eigenvalue weighted by atomic mass is 32.2. The fraction of sp³-hybridized carbons (Fsp3) is 0.556. The van der Waals surface area contributed by atoms with E-state index in [1.54, 1.807) is 5.57 Å². The smallest absolute Gasteiger partial charge is 0.0154 e. The van der Waals surface area contributed by atoms with Crippen LogP contribution in [0.5, 0.6) is 0 Å². The van der Waals surface area contributed by atoms with Crippen LogP contribution in [-0.4, -0.2) is 0 Å². The molecule has 1 aromatic rings. The summed E-state index contributed by atoms with van der Waals surface area (Å²) in [5.74, 6) is 0.602. The van der Waals surface area contributed by atoms with Gasteiger partial charge in [-0.1, -0.05) is 101 Å². The van der Waals surface area contributed by atoms with Crippen LogP contribution < -0.4 is 0 Å². The van der Waals surface area contributed by atoms with Crippen molar-refractivity contribution in [2.75, 3.05) is 0 Å². The lowest BCUT2D eigenvalue weighted by molar-refractivity contribution is 0.625. The van der Waals surface area contributed by atoms with Crippen LogP contribution in [0, 0.1) is 12.8 Å². The molecular formula is C27H42S. The number of rotatable bonds is 12. The Kier molecular flexibility index (Phi) is 12.3. The predicted molar refractivity (Wildman–Crippen MR) is 131 cm³/mol. The van der Waals surface area contributed by atoms with E-state index in [2.05, 4.69) is 84.9 Å². The second-order valence-electron chi connectivity index (χ2n) is 8.01. The Morgan fingerprint density at radius 3 is 2.43 bits per heavy atom. The molecule has 156 valence electrons. The van der Waals surface area contributed by atoms with Crippen molar-refractivity contribution in [1.82, 2.24) is 0 Å². The standard InChI is InChI=1S/C27H42S/c1-8-12-15-21(5)18-26(22(6)13-9-2)28-27-20-25(17-16-23(27)7)19-24(11-4)14-10-3/h15-20,22H,8-14H2,1-7H3/b21-15-,24-19?,26-18+/t22-/m1/s1. The van der Waals surface area contributed by atoms with E-state index in [9.17, 15) is 0 Å². The zero-order valence-electron chi connectivity index (χ0n) is 19.4. The molecule has 1 aromatic carbocycles. The van der Waals surface area contributed by atoms with Gasteiger partial charge in [0.1, 0.15) is 0 Å². The summed E-state index contributed by atoms with van der Waals surface area (Å²) in [5.41, 5.74) is 5.67. The molecular weight excluding hydrogens is 356 g/mol. The molecule has 0 bridgehead atoms. The molecule has 0 N–H and O–H groups in total. The first-order valence-electron chi connectivity index (χ1n) is 11.3. The first-order chi connectivity index (χ1) is 13.4. The maximum absolute atomic E-state index is 2.43. The van der Waals surface area contributed by atoms with Crippen LogP contribution in [0.4, 0.5) is 0 Å². The van der Waals surface area contributed by atoms with Gasteiger partial charge in [-0.3, -0.25) is 0 Å². The predicted octanol–water partition coefficient (Wildman–Crippen LogP) is 9.75. The van der Waals surface area contributed by atoms with Gasteiger partial charge in [-0.25, -0.2) is 0 Å². The van der Waals surface area contributed by atoms with E-state index in [1.807, 2.05) is 11.8 Å². The van der Waals surface area contributed by atoms with Crippen LogP contribution in [0.25, 0.3) is 6.08 Å². The maximum Gasteiger partial charge on any atom is 0.0154 e. The highest BCUT2D eigenvalue weighted by Gasteiger charge is 2.12. The third-order valence-corrected chi connectivity index (χ3v) is 6.58. The van der Waals surface area contributed by atoms with E-state index in [4.69, 9.17) is 0 Å². The Balaban J connectivity index is 3.20. The van der Waals surface area contributed by atoms with E-state index in [0.29, 0.717) is 5.92 Å². The molecule has 0 fully saturated rings. The number of allylic oxidation sites excluding steroid dienone is 5. The van der Waals surface area contributed by atoms with E-state index in [0.717, 1.165) is 6.42 Å². The SMILES string of the molecule is CCC/C=C(C)\C=C(\Sc1cc(C=C(CC)CCC)ccc1C)[C@H](C)CCC. The third-order valence-electron chi connectivity index (χ3n) is 5.17. The number of thioether (sulfide) groups is 1. The molecule has 0 radical (unpaired) electrons. The summed E-state index contributed by atoms with van der Waals surface area (Å²) < 4.78 is 0. The molecule has 28 heavy (non-hydrogen) atoms. The Labute approximate surface area is 179 Å². The van der Waals surface area contributed by atoms with Gasteiger partial charge in [0.05, 0.1) is 0 Å². The zero-order valence-corrected chi connectivity index (χ0v) is 20.2. The van der Waals surface area contributed by atoms with Gasteiger partial charge in [0.15, 0.2) is 0 Å². The number of aryl methyl sites for hydroxylation is 1. The molecule has 0 aliphatic heterocycles. The van der Waals surface area contributed by atoms with Crippen LogP contribution in [0.3, 0.4) is 0 Å². The molecule has 0 unspecified atom stereocenters. The van der Waals surface area contributed by atoms with Crippen molar-refractivity contribution in [3.8, 4) is 0 Å². The van der Waals surface area contributed by atoms with Gasteiger partial charge in [-0.2, -0.15) is 0 Å². The summed E-state index contributed by atoms with van der Waals surface area (Å²) in [5, 5.41) is 0. The molecule has 1 atom stereocenters. The van der Waals surface area contributed by atoms with Crippen molar-refractivity contribution < 1.29 is 0 Å². The topological polar surface area (TPSA) is 0 Å². The van der Waals surface area contributed by atoms with Crippen LogP contribution in [0.1, 0.15) is 97.6 Å². The lowest BCUT2D eigenvalue weighted by Gasteiger charge is -2.17. The normalized spacial score (nSPS) is 14.5. The molecule has 0 aliphatic rings. The van der Waals surface area contributed by atoms with Crippen LogP contribution >= 0.6 is 11.8 Å². The van der Waals surface area contributed by atoms with Gasteiger partial charge in [-0.15, -0.1) is 0 Å². The first-order valence-corrected chi connectivity index (χ1v) is 12.1. The first kappa shape index (κ1) is 24.8. The summed E-state index contributed by atoms with van der Waals surface area (Å²) >= 11 is 1.98. The summed E-state index contributed by atoms with van der Waals surface area (Å²) in [6, 6.07) is 6.95. The average Bonchev–Trinajstić information content (AvgIpc) is 2.68. The lowest BCUT2D eigenvalue weighted by Crippen LogP contribution is -1.97. The molecule has 1 rings (SSSR count). The molecule has 0 aliphatic carbocycles. The van der Waals surface area contributed by atoms with E-state index >= 15 is 0 Å². The van der Waals surface area contributed by atoms with Gasteiger partial charge in [0, 0.05) is 4.90 Å². The van der Waals surface area contributed by atoms with Gasteiger partial charge in [0.25, 0.3) is 0 Å². The van der Waals surface area contributed by atoms with E-state index < -0.39 is 0 Å². The second kappa shape index (κ2) is 13.9. The lowest BCUT2D eigenvalue weighted by atomic mass is 10.0. The zero-order chi connectivity index (χ0) is 20.9. The monoisotopic (exact) mass is 398 g/mol. The van der Waals surface area contributed by atoms with Crippen LogP contribution in [0.2, 0.25) is 0 Å². The quantitative estimate of drug-likeness (QED) is 0.249. The average molecular weight is 399 g/mol. The Hall–Kier alpha value is -1.21. The Morgan fingerprint density at radius 1 is 1.07 bits per heavy atom. The minimum atomic E-state index is 0.602. The molecule has 0 nitrogen and oxygen atoms in total. The highest BCUT2D eigenvalue weighted by Crippen LogP contribution is 2.37. The molecule has 1 heteroatoms. The van der Waals surface area contributed by atoms with Gasteiger partial charge >= 0.3 is 0 Å². The van der Waals surface area contributed by atoms with Gasteiger partial charge in [-0.05, 0) is 73.6 Å². The Bertz CT molecular complexity index is 676.